The van der Waals surface area contributed by atoms with Crippen molar-refractivity contribution in [1.29, 1.82) is 0 Å². The molecule has 2 aromatic rings. The molecule has 20 heavy (non-hydrogen) atoms. The van der Waals surface area contributed by atoms with Gasteiger partial charge in [-0.3, -0.25) is 4.79 Å². The number of ether oxygens (including phenoxy) is 1. The van der Waals surface area contributed by atoms with Crippen LogP contribution in [0, 0.1) is 0 Å². The van der Waals surface area contributed by atoms with E-state index in [4.69, 9.17) is 9.15 Å². The maximum absolute atomic E-state index is 12.3. The summed E-state index contributed by atoms with van der Waals surface area (Å²) >= 11 is 0. The van der Waals surface area contributed by atoms with Crippen LogP contribution in [-0.4, -0.2) is 18.0 Å². The van der Waals surface area contributed by atoms with Gasteiger partial charge in [0.05, 0.1) is 12.5 Å². The third-order valence-electron chi connectivity index (χ3n) is 3.09. The van der Waals surface area contributed by atoms with Gasteiger partial charge in [0.2, 0.25) is 0 Å². The quantitative estimate of drug-likeness (QED) is 0.529. The second-order valence-corrected chi connectivity index (χ2v) is 4.27. The number of ketones is 1. The molecular weight excluding hydrogens is 260 g/mol. The van der Waals surface area contributed by atoms with E-state index in [0.717, 1.165) is 0 Å². The number of allylic oxidation sites excluding steroid dienone is 2. The molecule has 0 aliphatic carbocycles. The van der Waals surface area contributed by atoms with Crippen molar-refractivity contribution in [2.24, 2.45) is 0 Å². The second kappa shape index (κ2) is 5.21. The van der Waals surface area contributed by atoms with E-state index in [9.17, 15) is 14.7 Å². The molecule has 1 N–H and O–H groups in total. The molecule has 0 saturated carbocycles. The number of benzene rings is 1. The summed E-state index contributed by atoms with van der Waals surface area (Å²) in [7, 11) is 1.43. The number of fused-ring (bicyclic) bond motifs is 1. The molecule has 0 radical (unpaired) electrons. The molecular formula is C15H14O5. The van der Waals surface area contributed by atoms with Gasteiger partial charge in [0.25, 0.3) is 0 Å². The predicted molar refractivity (Wildman–Crippen MR) is 74.5 cm³/mol. The van der Waals surface area contributed by atoms with Crippen molar-refractivity contribution < 1.29 is 19.1 Å². The molecule has 1 aromatic heterocycles. The number of aromatic hydroxyl groups is 1. The average Bonchev–Trinajstić information content (AvgIpc) is 2.44. The van der Waals surface area contributed by atoms with Crippen molar-refractivity contribution in [3.8, 4) is 11.5 Å². The molecule has 0 amide bonds. The summed E-state index contributed by atoms with van der Waals surface area (Å²) in [4.78, 5) is 23.7. The molecule has 5 heteroatoms. The zero-order valence-corrected chi connectivity index (χ0v) is 11.4. The number of rotatable bonds is 3. The fraction of sp³-hybridized carbons (Fsp3) is 0.200. The summed E-state index contributed by atoms with van der Waals surface area (Å²) in [6.07, 6.45) is 1.62. The van der Waals surface area contributed by atoms with Crippen LogP contribution in [0.4, 0.5) is 0 Å². The maximum Gasteiger partial charge on any atom is 0.336 e. The van der Waals surface area contributed by atoms with E-state index in [0.29, 0.717) is 16.7 Å². The van der Waals surface area contributed by atoms with Crippen molar-refractivity contribution in [2.75, 3.05) is 7.11 Å². The zero-order chi connectivity index (χ0) is 14.9. The Hall–Kier alpha value is -2.56. The number of phenols is 1. The number of carbonyl (C=O) groups excluding carboxylic acids is 1. The van der Waals surface area contributed by atoms with E-state index >= 15 is 0 Å². The Bertz CT molecular complexity index is 768. The fourth-order valence-electron chi connectivity index (χ4n) is 1.90. The number of carbonyl (C=O) groups is 1. The first-order chi connectivity index (χ1) is 9.49. The van der Waals surface area contributed by atoms with Gasteiger partial charge in [-0.2, -0.15) is 0 Å². The van der Waals surface area contributed by atoms with Gasteiger partial charge in [0.1, 0.15) is 17.1 Å². The van der Waals surface area contributed by atoms with Gasteiger partial charge in [0, 0.05) is 12.1 Å². The van der Waals surface area contributed by atoms with Crippen molar-refractivity contribution >= 4 is 16.8 Å². The number of phenolic OH excluding ortho intramolecular Hbond substituents is 1. The van der Waals surface area contributed by atoms with Crippen LogP contribution in [0.3, 0.4) is 0 Å². The summed E-state index contributed by atoms with van der Waals surface area (Å²) in [5.74, 6) is -0.349. The molecule has 0 atom stereocenters. The first-order valence-electron chi connectivity index (χ1n) is 6.01. The van der Waals surface area contributed by atoms with Crippen molar-refractivity contribution in [2.45, 2.75) is 13.8 Å². The van der Waals surface area contributed by atoms with E-state index < -0.39 is 11.4 Å². The highest BCUT2D eigenvalue weighted by Gasteiger charge is 2.21. The molecule has 5 nitrogen and oxygen atoms in total. The summed E-state index contributed by atoms with van der Waals surface area (Å²) in [5.41, 5.74) is -0.162. The number of Topliss-reactive ketones (excluding diaryl/α,β-unsaturated/α-hetero) is 1. The third kappa shape index (κ3) is 2.18. The van der Waals surface area contributed by atoms with Crippen molar-refractivity contribution in [1.82, 2.24) is 0 Å². The summed E-state index contributed by atoms with van der Waals surface area (Å²) < 4.78 is 10.2. The molecule has 0 saturated heterocycles. The first-order valence-corrected chi connectivity index (χ1v) is 6.01. The number of hydrogen-bond acceptors (Lipinski definition) is 5. The Kier molecular flexibility index (Phi) is 3.61. The van der Waals surface area contributed by atoms with Crippen LogP contribution in [0.15, 0.2) is 39.1 Å². The Labute approximate surface area is 115 Å². The molecule has 0 fully saturated rings. The summed E-state index contributed by atoms with van der Waals surface area (Å²) in [5, 5.41) is 10.5. The first kappa shape index (κ1) is 13.9. The average molecular weight is 274 g/mol. The van der Waals surface area contributed by atoms with Crippen LogP contribution < -0.4 is 10.4 Å². The standard InChI is InChI=1S/C15H14O5/c1-4-8(2)14(18)13-10(16)7-11(19-3)9-5-6-12(17)20-15(9)13/h4-7,16H,1-3H3/b8-4-. The maximum atomic E-state index is 12.3. The molecule has 0 bridgehead atoms. The lowest BCUT2D eigenvalue weighted by atomic mass is 10.0. The van der Waals surface area contributed by atoms with Crippen molar-refractivity contribution in [3.05, 3.63) is 45.8 Å². The van der Waals surface area contributed by atoms with Crippen LogP contribution in [0.25, 0.3) is 11.0 Å². The van der Waals surface area contributed by atoms with Crippen LogP contribution in [-0.2, 0) is 0 Å². The zero-order valence-electron chi connectivity index (χ0n) is 11.4. The Morgan fingerprint density at radius 3 is 2.70 bits per heavy atom. The minimum atomic E-state index is -0.600. The molecule has 1 heterocycles. The lowest BCUT2D eigenvalue weighted by Crippen LogP contribution is -2.05. The lowest BCUT2D eigenvalue weighted by Gasteiger charge is -2.10. The van der Waals surface area contributed by atoms with E-state index in [-0.39, 0.29) is 16.9 Å². The minimum absolute atomic E-state index is 0.0283. The van der Waals surface area contributed by atoms with E-state index in [1.807, 2.05) is 0 Å². The summed E-state index contributed by atoms with van der Waals surface area (Å²) in [6, 6.07) is 4.07. The Morgan fingerprint density at radius 1 is 1.40 bits per heavy atom. The minimum Gasteiger partial charge on any atom is -0.507 e. The lowest BCUT2D eigenvalue weighted by molar-refractivity contribution is 0.103. The van der Waals surface area contributed by atoms with E-state index in [2.05, 4.69) is 0 Å². The van der Waals surface area contributed by atoms with Gasteiger partial charge in [-0.15, -0.1) is 0 Å². The van der Waals surface area contributed by atoms with Gasteiger partial charge in [-0.05, 0) is 25.5 Å². The molecule has 0 aliphatic heterocycles. The SMILES string of the molecule is C/C=C(/C)C(=O)c1c(O)cc(OC)c2ccc(=O)oc12. The molecule has 2 rings (SSSR count). The fourth-order valence-corrected chi connectivity index (χ4v) is 1.90. The molecule has 0 aliphatic rings. The smallest absolute Gasteiger partial charge is 0.336 e. The molecule has 104 valence electrons. The molecule has 0 unspecified atom stereocenters. The topological polar surface area (TPSA) is 76.7 Å². The monoisotopic (exact) mass is 274 g/mol. The highest BCUT2D eigenvalue weighted by molar-refractivity contribution is 6.17. The third-order valence-corrected chi connectivity index (χ3v) is 3.09. The van der Waals surface area contributed by atoms with E-state index in [1.165, 1.54) is 25.3 Å². The predicted octanol–water partition coefficient (Wildman–Crippen LogP) is 2.66. The van der Waals surface area contributed by atoms with Crippen LogP contribution >= 0.6 is 0 Å². The van der Waals surface area contributed by atoms with Gasteiger partial charge >= 0.3 is 5.63 Å². The van der Waals surface area contributed by atoms with Crippen LogP contribution in [0.2, 0.25) is 0 Å². The van der Waals surface area contributed by atoms with Crippen molar-refractivity contribution in [3.63, 3.8) is 0 Å². The van der Waals surface area contributed by atoms with Gasteiger partial charge < -0.3 is 14.3 Å². The Morgan fingerprint density at radius 2 is 2.10 bits per heavy atom. The summed E-state index contributed by atoms with van der Waals surface area (Å²) in [6.45, 7) is 3.34. The highest BCUT2D eigenvalue weighted by atomic mass is 16.5. The highest BCUT2D eigenvalue weighted by Crippen LogP contribution is 2.35. The number of methoxy groups -OCH3 is 1. The van der Waals surface area contributed by atoms with Crippen LogP contribution in [0.5, 0.6) is 11.5 Å². The largest absolute Gasteiger partial charge is 0.507 e. The normalized spacial score (nSPS) is 11.7. The molecule has 1 aromatic carbocycles. The molecule has 0 spiro atoms. The Balaban J connectivity index is 2.90. The second-order valence-electron chi connectivity index (χ2n) is 4.27. The van der Waals surface area contributed by atoms with Gasteiger partial charge in [0.15, 0.2) is 11.4 Å². The van der Waals surface area contributed by atoms with Gasteiger partial charge in [-0.25, -0.2) is 4.79 Å². The van der Waals surface area contributed by atoms with E-state index in [1.54, 1.807) is 19.9 Å². The number of hydrogen-bond donors (Lipinski definition) is 1. The van der Waals surface area contributed by atoms with Gasteiger partial charge in [-0.1, -0.05) is 6.08 Å². The van der Waals surface area contributed by atoms with Crippen LogP contribution in [0.1, 0.15) is 24.2 Å².